The molecule has 0 fully saturated rings. The van der Waals surface area contributed by atoms with Crippen molar-refractivity contribution in [2.45, 2.75) is 19.4 Å². The summed E-state index contributed by atoms with van der Waals surface area (Å²) >= 11 is 0. The van der Waals surface area contributed by atoms with Crippen LogP contribution in [0.5, 0.6) is 0 Å². The zero-order valence-electron chi connectivity index (χ0n) is 9.58. The number of nitrogens with one attached hydrogen (secondary N) is 1. The molecule has 6 heteroatoms. The minimum absolute atomic E-state index is 0.108. The van der Waals surface area contributed by atoms with Crippen molar-refractivity contribution in [3.8, 4) is 0 Å². The van der Waals surface area contributed by atoms with E-state index in [2.05, 4.69) is 5.32 Å². The fourth-order valence-corrected chi connectivity index (χ4v) is 1.06. The SMILES string of the molecule is CC(C)(N)C(=O)Nc1cc(C(N)=O)ccc1F. The number of halogens is 1. The summed E-state index contributed by atoms with van der Waals surface area (Å²) in [5, 5.41) is 2.30. The van der Waals surface area contributed by atoms with Crippen LogP contribution in [-0.4, -0.2) is 17.4 Å². The first-order chi connectivity index (χ1) is 7.71. The summed E-state index contributed by atoms with van der Waals surface area (Å²) < 4.78 is 13.4. The molecule has 0 heterocycles. The molecule has 5 N–H and O–H groups in total. The Morgan fingerprint density at radius 1 is 1.35 bits per heavy atom. The fraction of sp³-hybridized carbons (Fsp3) is 0.273. The van der Waals surface area contributed by atoms with Gasteiger partial charge < -0.3 is 16.8 Å². The zero-order chi connectivity index (χ0) is 13.2. The highest BCUT2D eigenvalue weighted by Crippen LogP contribution is 2.17. The molecule has 0 radical (unpaired) electrons. The van der Waals surface area contributed by atoms with E-state index in [1.165, 1.54) is 26.0 Å². The average molecular weight is 239 g/mol. The molecule has 1 rings (SSSR count). The van der Waals surface area contributed by atoms with Gasteiger partial charge in [0, 0.05) is 5.56 Å². The summed E-state index contributed by atoms with van der Waals surface area (Å²) in [5.41, 5.74) is 9.44. The molecule has 0 spiro atoms. The number of nitrogens with two attached hydrogens (primary N) is 2. The highest BCUT2D eigenvalue weighted by molar-refractivity contribution is 5.99. The Morgan fingerprint density at radius 2 is 1.94 bits per heavy atom. The van der Waals surface area contributed by atoms with Crippen LogP contribution in [0.2, 0.25) is 0 Å². The summed E-state index contributed by atoms with van der Waals surface area (Å²) in [5.74, 6) is -1.92. The maximum absolute atomic E-state index is 13.4. The van der Waals surface area contributed by atoms with Crippen LogP contribution in [-0.2, 0) is 4.79 Å². The normalized spacial score (nSPS) is 11.1. The van der Waals surface area contributed by atoms with Gasteiger partial charge in [0.15, 0.2) is 0 Å². The van der Waals surface area contributed by atoms with Gasteiger partial charge in [0.05, 0.1) is 11.2 Å². The first-order valence-electron chi connectivity index (χ1n) is 4.91. The molecule has 0 bridgehead atoms. The Morgan fingerprint density at radius 3 is 2.41 bits per heavy atom. The second-order valence-corrected chi connectivity index (χ2v) is 4.23. The highest BCUT2D eigenvalue weighted by atomic mass is 19.1. The van der Waals surface area contributed by atoms with E-state index in [-0.39, 0.29) is 11.3 Å². The third-order valence-electron chi connectivity index (χ3n) is 2.08. The van der Waals surface area contributed by atoms with Crippen LogP contribution in [0.4, 0.5) is 10.1 Å². The number of rotatable bonds is 3. The van der Waals surface area contributed by atoms with Gasteiger partial charge in [-0.15, -0.1) is 0 Å². The van der Waals surface area contributed by atoms with Crippen LogP contribution in [0.15, 0.2) is 18.2 Å². The van der Waals surface area contributed by atoms with Crippen molar-refractivity contribution in [3.05, 3.63) is 29.6 Å². The molecule has 1 aromatic rings. The van der Waals surface area contributed by atoms with Crippen LogP contribution in [0.1, 0.15) is 24.2 Å². The summed E-state index contributed by atoms with van der Waals surface area (Å²) in [6.07, 6.45) is 0. The average Bonchev–Trinajstić information content (AvgIpc) is 2.19. The van der Waals surface area contributed by atoms with Gasteiger partial charge in [-0.3, -0.25) is 9.59 Å². The smallest absolute Gasteiger partial charge is 0.248 e. The second-order valence-electron chi connectivity index (χ2n) is 4.23. The molecule has 1 aromatic carbocycles. The van der Waals surface area contributed by atoms with Gasteiger partial charge in [-0.05, 0) is 32.0 Å². The molecule has 0 saturated carbocycles. The predicted octanol–water partition coefficient (Wildman–Crippen LogP) is 0.600. The molecule has 0 aliphatic rings. The van der Waals surface area contributed by atoms with Crippen molar-refractivity contribution >= 4 is 17.5 Å². The van der Waals surface area contributed by atoms with E-state index >= 15 is 0 Å². The standard InChI is InChI=1S/C11H14FN3O2/c1-11(2,14)10(17)15-8-5-6(9(13)16)3-4-7(8)12/h3-5H,14H2,1-2H3,(H2,13,16)(H,15,17). The van der Waals surface area contributed by atoms with E-state index in [1.54, 1.807) is 0 Å². The van der Waals surface area contributed by atoms with Crippen molar-refractivity contribution in [1.29, 1.82) is 0 Å². The summed E-state index contributed by atoms with van der Waals surface area (Å²) in [6.45, 7) is 2.97. The predicted molar refractivity (Wildman–Crippen MR) is 61.8 cm³/mol. The lowest BCUT2D eigenvalue weighted by Crippen LogP contribution is -2.45. The number of hydrogen-bond donors (Lipinski definition) is 3. The maximum Gasteiger partial charge on any atom is 0.248 e. The minimum atomic E-state index is -1.14. The van der Waals surface area contributed by atoms with Crippen molar-refractivity contribution < 1.29 is 14.0 Å². The largest absolute Gasteiger partial charge is 0.366 e. The van der Waals surface area contributed by atoms with Gasteiger partial charge >= 0.3 is 0 Å². The molecular weight excluding hydrogens is 225 g/mol. The van der Waals surface area contributed by atoms with E-state index in [1.807, 2.05) is 0 Å². The van der Waals surface area contributed by atoms with E-state index in [4.69, 9.17) is 11.5 Å². The van der Waals surface area contributed by atoms with Crippen LogP contribution >= 0.6 is 0 Å². The Bertz CT molecular complexity index is 466. The van der Waals surface area contributed by atoms with Crippen molar-refractivity contribution in [1.82, 2.24) is 0 Å². The lowest BCUT2D eigenvalue weighted by atomic mass is 10.1. The summed E-state index contributed by atoms with van der Waals surface area (Å²) in [4.78, 5) is 22.5. The van der Waals surface area contributed by atoms with Crippen LogP contribution in [0.3, 0.4) is 0 Å². The van der Waals surface area contributed by atoms with Gasteiger partial charge in [-0.1, -0.05) is 0 Å². The molecule has 0 aromatic heterocycles. The van der Waals surface area contributed by atoms with Crippen LogP contribution in [0, 0.1) is 5.82 Å². The monoisotopic (exact) mass is 239 g/mol. The number of carbonyl (C=O) groups is 2. The first kappa shape index (κ1) is 13.1. The number of benzene rings is 1. The number of primary amides is 1. The van der Waals surface area contributed by atoms with Crippen molar-refractivity contribution in [3.63, 3.8) is 0 Å². The number of anilines is 1. The molecule has 92 valence electrons. The Balaban J connectivity index is 3.02. The Kier molecular flexibility index (Phi) is 3.47. The van der Waals surface area contributed by atoms with Gasteiger partial charge in [0.2, 0.25) is 11.8 Å². The van der Waals surface area contributed by atoms with Gasteiger partial charge in [0.1, 0.15) is 5.82 Å². The number of hydrogen-bond acceptors (Lipinski definition) is 3. The molecule has 0 aliphatic heterocycles. The summed E-state index contributed by atoms with van der Waals surface area (Å²) in [7, 11) is 0. The zero-order valence-corrected chi connectivity index (χ0v) is 9.58. The Labute approximate surface area is 98.0 Å². The quantitative estimate of drug-likeness (QED) is 0.720. The van der Waals surface area contributed by atoms with Gasteiger partial charge in [0.25, 0.3) is 0 Å². The third-order valence-corrected chi connectivity index (χ3v) is 2.08. The van der Waals surface area contributed by atoms with Gasteiger partial charge in [-0.25, -0.2) is 4.39 Å². The van der Waals surface area contributed by atoms with E-state index in [9.17, 15) is 14.0 Å². The third kappa shape index (κ3) is 3.25. The molecule has 5 nitrogen and oxygen atoms in total. The van der Waals surface area contributed by atoms with E-state index in [0.29, 0.717) is 0 Å². The highest BCUT2D eigenvalue weighted by Gasteiger charge is 2.23. The van der Waals surface area contributed by atoms with Crippen LogP contribution in [0.25, 0.3) is 0 Å². The molecule has 0 saturated heterocycles. The summed E-state index contributed by atoms with van der Waals surface area (Å²) in [6, 6.07) is 3.46. The molecule has 2 amide bonds. The van der Waals surface area contributed by atoms with E-state index in [0.717, 1.165) is 6.07 Å². The van der Waals surface area contributed by atoms with Crippen molar-refractivity contribution in [2.24, 2.45) is 11.5 Å². The lowest BCUT2D eigenvalue weighted by molar-refractivity contribution is -0.120. The molecule has 17 heavy (non-hydrogen) atoms. The van der Waals surface area contributed by atoms with Crippen molar-refractivity contribution in [2.75, 3.05) is 5.32 Å². The molecule has 0 unspecified atom stereocenters. The second kappa shape index (κ2) is 4.50. The van der Waals surface area contributed by atoms with Gasteiger partial charge in [-0.2, -0.15) is 0 Å². The number of carbonyl (C=O) groups excluding carboxylic acids is 2. The topological polar surface area (TPSA) is 98.2 Å². The van der Waals surface area contributed by atoms with Crippen LogP contribution < -0.4 is 16.8 Å². The first-order valence-corrected chi connectivity index (χ1v) is 4.91. The maximum atomic E-state index is 13.4. The Hall–Kier alpha value is -1.95. The molecule has 0 aliphatic carbocycles. The lowest BCUT2D eigenvalue weighted by Gasteiger charge is -2.18. The number of amides is 2. The molecule has 0 atom stereocenters. The molecular formula is C11H14FN3O2. The minimum Gasteiger partial charge on any atom is -0.366 e. The van der Waals surface area contributed by atoms with E-state index < -0.39 is 23.2 Å². The fourth-order valence-electron chi connectivity index (χ4n) is 1.06.